The zero-order valence-corrected chi connectivity index (χ0v) is 14.9. The lowest BCUT2D eigenvalue weighted by molar-refractivity contribution is -0.126. The molecular weight excluding hydrogens is 316 g/mol. The van der Waals surface area contributed by atoms with Crippen LogP contribution < -0.4 is 10.2 Å². The molecule has 0 bridgehead atoms. The van der Waals surface area contributed by atoms with E-state index < -0.39 is 0 Å². The van der Waals surface area contributed by atoms with Gasteiger partial charge in [-0.25, -0.2) is 9.97 Å². The number of aliphatic hydroxyl groups is 1. The summed E-state index contributed by atoms with van der Waals surface area (Å²) in [4.78, 5) is 23.5. The molecule has 6 nitrogen and oxygen atoms in total. The fourth-order valence-corrected chi connectivity index (χ4v) is 4.20. The number of hydrogen-bond donors (Lipinski definition) is 2. The van der Waals surface area contributed by atoms with Gasteiger partial charge in [0.1, 0.15) is 0 Å². The van der Waals surface area contributed by atoms with Crippen molar-refractivity contribution in [2.45, 2.75) is 57.4 Å². The highest BCUT2D eigenvalue weighted by atomic mass is 16.3. The lowest BCUT2D eigenvalue weighted by Gasteiger charge is -2.34. The van der Waals surface area contributed by atoms with Gasteiger partial charge in [0.05, 0.1) is 0 Å². The fourth-order valence-electron chi connectivity index (χ4n) is 4.20. The molecule has 1 aromatic heterocycles. The number of aromatic nitrogens is 2. The molecule has 2 heterocycles. The van der Waals surface area contributed by atoms with E-state index in [4.69, 9.17) is 0 Å². The Hall–Kier alpha value is -1.69. The third-order valence-corrected chi connectivity index (χ3v) is 5.69. The second-order valence-electron chi connectivity index (χ2n) is 7.34. The number of nitrogens with zero attached hydrogens (tertiary/aromatic N) is 3. The highest BCUT2D eigenvalue weighted by molar-refractivity contribution is 5.79. The Morgan fingerprint density at radius 3 is 2.48 bits per heavy atom. The smallest absolute Gasteiger partial charge is 0.225 e. The van der Waals surface area contributed by atoms with Crippen LogP contribution >= 0.6 is 0 Å². The van der Waals surface area contributed by atoms with Gasteiger partial charge in [0.25, 0.3) is 0 Å². The van der Waals surface area contributed by atoms with Crippen LogP contribution in [0.2, 0.25) is 0 Å². The van der Waals surface area contributed by atoms with Crippen molar-refractivity contribution in [3.8, 4) is 0 Å². The Morgan fingerprint density at radius 2 is 1.84 bits per heavy atom. The van der Waals surface area contributed by atoms with Gasteiger partial charge in [-0.1, -0.05) is 19.3 Å². The van der Waals surface area contributed by atoms with E-state index in [1.807, 2.05) is 6.07 Å². The normalized spacial score (nSPS) is 21.1. The van der Waals surface area contributed by atoms with Gasteiger partial charge in [0, 0.05) is 44.0 Å². The maximum atomic E-state index is 12.7. The average Bonchev–Trinajstić information content (AvgIpc) is 2.69. The number of rotatable bonds is 6. The summed E-state index contributed by atoms with van der Waals surface area (Å²) in [5.74, 6) is 1.51. The van der Waals surface area contributed by atoms with E-state index in [0.717, 1.165) is 31.9 Å². The van der Waals surface area contributed by atoms with E-state index in [1.165, 1.54) is 32.1 Å². The van der Waals surface area contributed by atoms with E-state index in [1.54, 1.807) is 12.4 Å². The Morgan fingerprint density at radius 1 is 1.16 bits per heavy atom. The minimum atomic E-state index is 0.0599. The highest BCUT2D eigenvalue weighted by Gasteiger charge is 2.30. The molecule has 25 heavy (non-hydrogen) atoms. The van der Waals surface area contributed by atoms with Crippen LogP contribution in [-0.4, -0.2) is 46.7 Å². The predicted molar refractivity (Wildman–Crippen MR) is 97.2 cm³/mol. The molecule has 1 aliphatic carbocycles. The van der Waals surface area contributed by atoms with Gasteiger partial charge in [0.2, 0.25) is 11.9 Å². The van der Waals surface area contributed by atoms with Gasteiger partial charge in [-0.05, 0) is 44.1 Å². The van der Waals surface area contributed by atoms with Crippen LogP contribution in [0.1, 0.15) is 51.4 Å². The van der Waals surface area contributed by atoms with Crippen molar-refractivity contribution in [1.82, 2.24) is 15.3 Å². The van der Waals surface area contributed by atoms with Crippen molar-refractivity contribution < 1.29 is 9.90 Å². The van der Waals surface area contributed by atoms with E-state index in [-0.39, 0.29) is 24.5 Å². The van der Waals surface area contributed by atoms with Crippen LogP contribution in [0.5, 0.6) is 0 Å². The Bertz CT molecular complexity index is 525. The number of hydrogen-bond acceptors (Lipinski definition) is 5. The minimum absolute atomic E-state index is 0.0599. The van der Waals surface area contributed by atoms with Crippen LogP contribution in [-0.2, 0) is 4.79 Å². The molecule has 6 heteroatoms. The summed E-state index contributed by atoms with van der Waals surface area (Å²) in [6.07, 6.45) is 12.0. The monoisotopic (exact) mass is 346 g/mol. The average molecular weight is 346 g/mol. The van der Waals surface area contributed by atoms with Crippen LogP contribution in [0.15, 0.2) is 18.5 Å². The van der Waals surface area contributed by atoms with Crippen molar-refractivity contribution >= 4 is 11.9 Å². The maximum absolute atomic E-state index is 12.7. The summed E-state index contributed by atoms with van der Waals surface area (Å²) in [7, 11) is 0. The number of anilines is 1. The fraction of sp³-hybridized carbons (Fsp3) is 0.737. The number of carbonyl (C=O) groups is 1. The van der Waals surface area contributed by atoms with Gasteiger partial charge in [-0.2, -0.15) is 0 Å². The van der Waals surface area contributed by atoms with E-state index >= 15 is 0 Å². The molecule has 0 spiro atoms. The summed E-state index contributed by atoms with van der Waals surface area (Å²) < 4.78 is 0. The molecule has 138 valence electrons. The zero-order chi connectivity index (χ0) is 17.5. The molecule has 2 N–H and O–H groups in total. The predicted octanol–water partition coefficient (Wildman–Crippen LogP) is 2.14. The van der Waals surface area contributed by atoms with Gasteiger partial charge in [-0.3, -0.25) is 4.79 Å². The number of aliphatic hydroxyl groups excluding tert-OH is 1. The van der Waals surface area contributed by atoms with Gasteiger partial charge in [0.15, 0.2) is 0 Å². The summed E-state index contributed by atoms with van der Waals surface area (Å²) in [5, 5.41) is 12.6. The first-order valence-electron chi connectivity index (χ1n) is 9.71. The van der Waals surface area contributed by atoms with Gasteiger partial charge in [-0.15, -0.1) is 0 Å². The standard InChI is InChI=1S/C19H30N4O2/c24-14-9-17(15-5-2-1-3-6-15)22-18(25)16-7-12-23(13-8-16)19-20-10-4-11-21-19/h4,10-11,15-17,24H,1-3,5-9,12-14H2,(H,22,25). The molecule has 2 aliphatic rings. The molecule has 1 saturated heterocycles. The molecule has 0 aromatic carbocycles. The summed E-state index contributed by atoms with van der Waals surface area (Å²) in [6, 6.07) is 1.95. The van der Waals surface area contributed by atoms with Crippen LogP contribution in [0.3, 0.4) is 0 Å². The van der Waals surface area contributed by atoms with Gasteiger partial charge < -0.3 is 15.3 Å². The first-order valence-corrected chi connectivity index (χ1v) is 9.71. The zero-order valence-electron chi connectivity index (χ0n) is 14.9. The second-order valence-corrected chi connectivity index (χ2v) is 7.34. The first-order chi connectivity index (χ1) is 12.3. The molecule has 1 atom stereocenters. The second kappa shape index (κ2) is 9.13. The molecule has 3 rings (SSSR count). The van der Waals surface area contributed by atoms with Crippen molar-refractivity contribution in [3.05, 3.63) is 18.5 Å². The summed E-state index contributed by atoms with van der Waals surface area (Å²) >= 11 is 0. The van der Waals surface area contributed by atoms with Crippen LogP contribution in [0.4, 0.5) is 5.95 Å². The number of amides is 1. The van der Waals surface area contributed by atoms with Crippen molar-refractivity contribution in [2.24, 2.45) is 11.8 Å². The maximum Gasteiger partial charge on any atom is 0.225 e. The Kier molecular flexibility index (Phi) is 6.62. The van der Waals surface area contributed by atoms with Gasteiger partial charge >= 0.3 is 0 Å². The summed E-state index contributed by atoms with van der Waals surface area (Å²) in [5.41, 5.74) is 0. The van der Waals surface area contributed by atoms with E-state index in [9.17, 15) is 9.90 Å². The Balaban J connectivity index is 1.50. The van der Waals surface area contributed by atoms with E-state index in [0.29, 0.717) is 12.3 Å². The van der Waals surface area contributed by atoms with Crippen molar-refractivity contribution in [1.29, 1.82) is 0 Å². The third-order valence-electron chi connectivity index (χ3n) is 5.69. The quantitative estimate of drug-likeness (QED) is 0.825. The summed E-state index contributed by atoms with van der Waals surface area (Å²) in [6.45, 7) is 1.78. The lowest BCUT2D eigenvalue weighted by Crippen LogP contribution is -2.47. The highest BCUT2D eigenvalue weighted by Crippen LogP contribution is 2.28. The number of piperidine rings is 1. The third kappa shape index (κ3) is 4.91. The first kappa shape index (κ1) is 18.1. The topological polar surface area (TPSA) is 78.4 Å². The lowest BCUT2D eigenvalue weighted by atomic mass is 9.82. The molecule has 0 radical (unpaired) electrons. The number of carbonyl (C=O) groups excluding carboxylic acids is 1. The molecular formula is C19H30N4O2. The largest absolute Gasteiger partial charge is 0.396 e. The molecule has 1 saturated carbocycles. The van der Waals surface area contributed by atoms with Crippen LogP contribution in [0.25, 0.3) is 0 Å². The van der Waals surface area contributed by atoms with Crippen LogP contribution in [0, 0.1) is 11.8 Å². The minimum Gasteiger partial charge on any atom is -0.396 e. The molecule has 2 fully saturated rings. The van der Waals surface area contributed by atoms with E-state index in [2.05, 4.69) is 20.2 Å². The van der Waals surface area contributed by atoms with Crippen molar-refractivity contribution in [2.75, 3.05) is 24.6 Å². The van der Waals surface area contributed by atoms with Crippen molar-refractivity contribution in [3.63, 3.8) is 0 Å². The SMILES string of the molecule is O=C(NC(CCO)C1CCCCC1)C1CCN(c2ncccn2)CC1. The molecule has 1 amide bonds. The number of nitrogens with one attached hydrogen (secondary N) is 1. The molecule has 1 aromatic rings. The Labute approximate surface area is 150 Å². The molecule has 1 unspecified atom stereocenters. The molecule has 1 aliphatic heterocycles.